The average molecular weight is 584 g/mol. The van der Waals surface area contributed by atoms with Crippen LogP contribution in [0.4, 0.5) is 0 Å². The molecule has 1 aromatic rings. The van der Waals surface area contributed by atoms with Gasteiger partial charge in [0.2, 0.25) is 0 Å². The van der Waals surface area contributed by atoms with E-state index in [9.17, 15) is 10.5 Å². The van der Waals surface area contributed by atoms with Gasteiger partial charge in [0, 0.05) is 34.1 Å². The van der Waals surface area contributed by atoms with Crippen molar-refractivity contribution in [1.29, 1.82) is 10.5 Å². The molecule has 4 aliphatic carbocycles. The van der Waals surface area contributed by atoms with E-state index in [0.29, 0.717) is 24.7 Å². The van der Waals surface area contributed by atoms with Crippen molar-refractivity contribution in [2.24, 2.45) is 0 Å². The molecule has 38 heavy (non-hydrogen) atoms. The number of hydrogen-bond acceptors (Lipinski definition) is 4. The first-order chi connectivity index (χ1) is 17.8. The standard InChI is InChI=1S/C22H18N2O2.2C5H5.2Fe/c23-15-19-20(16-24)22(26-14-12-18-7-3-4-8-18)10-9-21(19)25-13-11-17-5-1-2-6-17;2*1-2-4-5-3-1;;/h1-10H,11-14H2;2*1-5H;;. The summed E-state index contributed by atoms with van der Waals surface area (Å²) in [5.41, 5.74) is 0.446. The molecule has 4 aliphatic rings. The van der Waals surface area contributed by atoms with E-state index in [1.54, 1.807) is 12.1 Å². The second kappa shape index (κ2) is 21.6. The van der Waals surface area contributed by atoms with Gasteiger partial charge in [-0.05, 0) is 152 Å². The fourth-order valence-corrected chi connectivity index (χ4v) is 3.39. The van der Waals surface area contributed by atoms with Gasteiger partial charge >= 0.3 is 0 Å². The van der Waals surface area contributed by atoms with E-state index in [4.69, 9.17) is 9.47 Å². The first-order valence-corrected chi connectivity index (χ1v) is 11.8. The Morgan fingerprint density at radius 3 is 1.03 bits per heavy atom. The molecule has 4 saturated carbocycles. The molecule has 0 bridgehead atoms. The predicted molar refractivity (Wildman–Crippen MR) is 140 cm³/mol. The summed E-state index contributed by atoms with van der Waals surface area (Å²) in [7, 11) is 0. The Labute approximate surface area is 253 Å². The Morgan fingerprint density at radius 2 is 0.763 bits per heavy atom. The van der Waals surface area contributed by atoms with Crippen LogP contribution in [0.2, 0.25) is 0 Å². The van der Waals surface area contributed by atoms with E-state index < -0.39 is 0 Å². The number of nitrogens with zero attached hydrogens (tertiary/aromatic N) is 2. The monoisotopic (exact) mass is 584 g/mol. The molecule has 1 aromatic carbocycles. The molecule has 0 spiro atoms. The molecule has 4 nitrogen and oxygen atoms in total. The van der Waals surface area contributed by atoms with Gasteiger partial charge in [-0.15, -0.1) is 0 Å². The van der Waals surface area contributed by atoms with Crippen LogP contribution in [0.5, 0.6) is 11.5 Å². The number of hydrogen-bond donors (Lipinski definition) is 0. The van der Waals surface area contributed by atoms with E-state index in [1.807, 2.05) is 116 Å². The van der Waals surface area contributed by atoms with Crippen molar-refractivity contribution >= 4 is 0 Å². The molecule has 0 atom stereocenters. The molecule has 5 rings (SSSR count). The van der Waals surface area contributed by atoms with Gasteiger partial charge in [0.25, 0.3) is 0 Å². The van der Waals surface area contributed by atoms with Crippen LogP contribution in [0.3, 0.4) is 0 Å². The van der Waals surface area contributed by atoms with Crippen LogP contribution < -0.4 is 9.47 Å². The smallest absolute Gasteiger partial charge is 0.138 e. The number of nitriles is 2. The van der Waals surface area contributed by atoms with Gasteiger partial charge in [-0.2, -0.15) is 10.5 Å². The molecular formula is C32H28Fe2N2O2. The van der Waals surface area contributed by atoms with E-state index in [2.05, 4.69) is 12.1 Å². The molecule has 0 amide bonds. The Hall–Kier alpha value is -1.16. The summed E-state index contributed by atoms with van der Waals surface area (Å²) in [6.45, 7) is 0.890. The van der Waals surface area contributed by atoms with E-state index in [1.165, 1.54) is 11.8 Å². The predicted octanol–water partition coefficient (Wildman–Crippen LogP) is 5.82. The first kappa shape index (κ1) is 34.9. The van der Waals surface area contributed by atoms with Gasteiger partial charge in [0.1, 0.15) is 34.8 Å². The molecule has 0 heterocycles. The Bertz CT molecular complexity index is 745. The van der Waals surface area contributed by atoms with Crippen LogP contribution in [-0.4, -0.2) is 13.2 Å². The Balaban J connectivity index is 0.000000501. The van der Waals surface area contributed by atoms with Crippen LogP contribution in [0.15, 0.2) is 12.1 Å². The molecule has 0 aliphatic heterocycles. The first-order valence-electron chi connectivity index (χ1n) is 11.8. The fourth-order valence-electron chi connectivity index (χ4n) is 3.39. The third-order valence-corrected chi connectivity index (χ3v) is 5.22. The van der Waals surface area contributed by atoms with Crippen molar-refractivity contribution in [1.82, 2.24) is 0 Å². The SMILES string of the molecule is N#Cc1c(OCC[C]2[CH][CH][CH][CH]2)ccc(OCC[C]2[CH][CH][CH][CH]2)c1C#N.[CH]1[CH][CH][CH][CH]1.[CH]1[CH][CH][CH][CH]1.[Fe].[Fe]. The van der Waals surface area contributed by atoms with Crippen molar-refractivity contribution in [3.05, 3.63) is 151 Å². The van der Waals surface area contributed by atoms with Gasteiger partial charge in [0.05, 0.1) is 13.2 Å². The Morgan fingerprint density at radius 1 is 0.474 bits per heavy atom. The van der Waals surface area contributed by atoms with E-state index in [-0.39, 0.29) is 45.3 Å². The maximum absolute atomic E-state index is 9.48. The Kier molecular flexibility index (Phi) is 19.9. The van der Waals surface area contributed by atoms with Crippen LogP contribution in [0.1, 0.15) is 24.0 Å². The van der Waals surface area contributed by atoms with Crippen molar-refractivity contribution in [2.75, 3.05) is 13.2 Å². The number of benzene rings is 1. The van der Waals surface area contributed by atoms with Crippen molar-refractivity contribution in [3.8, 4) is 23.6 Å². The van der Waals surface area contributed by atoms with Crippen LogP contribution in [0.25, 0.3) is 0 Å². The average Bonchev–Trinajstić information content (AvgIpc) is 3.75. The molecule has 0 saturated heterocycles. The zero-order valence-electron chi connectivity index (χ0n) is 20.8. The second-order valence-corrected chi connectivity index (χ2v) is 7.74. The minimum Gasteiger partial charge on any atom is -0.492 e. The van der Waals surface area contributed by atoms with E-state index >= 15 is 0 Å². The quantitative estimate of drug-likeness (QED) is 0.362. The molecular weight excluding hydrogens is 556 g/mol. The number of ether oxygens (including phenoxy) is 2. The van der Waals surface area contributed by atoms with Crippen LogP contribution >= 0.6 is 0 Å². The van der Waals surface area contributed by atoms with Gasteiger partial charge in [0.15, 0.2) is 0 Å². The molecule has 0 N–H and O–H groups in total. The van der Waals surface area contributed by atoms with Gasteiger partial charge in [-0.3, -0.25) is 0 Å². The second-order valence-electron chi connectivity index (χ2n) is 7.74. The van der Waals surface area contributed by atoms with Crippen molar-refractivity contribution < 1.29 is 43.6 Å². The maximum Gasteiger partial charge on any atom is 0.138 e. The van der Waals surface area contributed by atoms with Crippen molar-refractivity contribution in [2.45, 2.75) is 12.8 Å². The zero-order chi connectivity index (χ0) is 25.3. The number of rotatable bonds is 8. The van der Waals surface area contributed by atoms with Crippen molar-refractivity contribution in [3.63, 3.8) is 0 Å². The maximum atomic E-state index is 9.48. The summed E-state index contributed by atoms with van der Waals surface area (Å²) in [6, 6.07) is 7.54. The minimum absolute atomic E-state index is 0. The molecule has 0 unspecified atom stereocenters. The third kappa shape index (κ3) is 12.8. The topological polar surface area (TPSA) is 66.0 Å². The zero-order valence-corrected chi connectivity index (χ0v) is 23.0. The van der Waals surface area contributed by atoms with Gasteiger partial charge in [-0.1, -0.05) is 0 Å². The van der Waals surface area contributed by atoms with Gasteiger partial charge in [-0.25, -0.2) is 0 Å². The molecule has 20 radical (unpaired) electrons. The summed E-state index contributed by atoms with van der Waals surface area (Å²) < 4.78 is 11.5. The fraction of sp³-hybridized carbons (Fsp3) is 0.125. The van der Waals surface area contributed by atoms with Crippen LogP contribution in [0, 0.1) is 150 Å². The molecule has 6 heteroatoms. The molecule has 0 aromatic heterocycles. The summed E-state index contributed by atoms with van der Waals surface area (Å²) in [5.74, 6) is 3.19. The largest absolute Gasteiger partial charge is 0.492 e. The summed E-state index contributed by atoms with van der Waals surface area (Å²) in [5, 5.41) is 19.0. The van der Waals surface area contributed by atoms with E-state index in [0.717, 1.165) is 12.8 Å². The third-order valence-electron chi connectivity index (χ3n) is 5.22. The summed E-state index contributed by atoms with van der Waals surface area (Å²) in [4.78, 5) is 0. The minimum atomic E-state index is 0. The molecule has 4 fully saturated rings. The van der Waals surface area contributed by atoms with Gasteiger partial charge < -0.3 is 9.47 Å². The normalized spacial score (nSPS) is 18.5. The van der Waals surface area contributed by atoms with Crippen LogP contribution in [-0.2, 0) is 34.1 Å². The summed E-state index contributed by atoms with van der Waals surface area (Å²) >= 11 is 0. The summed E-state index contributed by atoms with van der Waals surface area (Å²) in [6.07, 6.45) is 37.5. The molecule has 194 valence electrons.